The average molecular weight is 450 g/mol. The maximum Gasteiger partial charge on any atom is 0.246 e. The Morgan fingerprint density at radius 1 is 0.871 bits per heavy atom. The van der Waals surface area contributed by atoms with Gasteiger partial charge in [0.25, 0.3) is 0 Å². The number of carbonyl (C=O) groups is 2. The summed E-state index contributed by atoms with van der Waals surface area (Å²) in [5, 5.41) is 69.7. The fourth-order valence-electron chi connectivity index (χ4n) is 2.13. The van der Waals surface area contributed by atoms with Gasteiger partial charge < -0.3 is 55.1 Å². The number of ketones is 2. The van der Waals surface area contributed by atoms with E-state index in [9.17, 15) is 9.59 Å². The standard InChI is InChI=1S/C6H10O5.2C6H8O4/c7-2-4-1-5(8)6(9,10)3-11-4;2*7-2-4-1-5(8)6(9)3-10-4/h1,4,7-10H,2-3H2;3-4,7,9H,1-2H2;1,4,7-8H,2-3H2. The van der Waals surface area contributed by atoms with E-state index in [0.29, 0.717) is 0 Å². The van der Waals surface area contributed by atoms with Crippen molar-refractivity contribution in [1.82, 2.24) is 0 Å². The largest absolute Gasteiger partial charge is 0.507 e. The molecule has 0 saturated heterocycles. The Hall–Kier alpha value is -2.52. The molecule has 13 nitrogen and oxygen atoms in total. The second-order valence-electron chi connectivity index (χ2n) is 6.48. The fraction of sp³-hybridized carbons (Fsp3) is 0.556. The van der Waals surface area contributed by atoms with Gasteiger partial charge in [-0.05, 0) is 12.2 Å². The fourth-order valence-corrected chi connectivity index (χ4v) is 2.13. The van der Waals surface area contributed by atoms with Gasteiger partial charge in [0.05, 0.1) is 26.2 Å². The van der Waals surface area contributed by atoms with Crippen LogP contribution in [0.4, 0.5) is 0 Å². The first-order valence-electron chi connectivity index (χ1n) is 8.97. The van der Waals surface area contributed by atoms with Crippen LogP contribution < -0.4 is 0 Å². The van der Waals surface area contributed by atoms with Crippen molar-refractivity contribution in [2.45, 2.75) is 30.5 Å². The summed E-state index contributed by atoms with van der Waals surface area (Å²) in [5.74, 6) is -4.39. The molecule has 31 heavy (non-hydrogen) atoms. The van der Waals surface area contributed by atoms with E-state index >= 15 is 0 Å². The molecule has 3 rings (SSSR count). The third-order valence-electron chi connectivity index (χ3n) is 3.95. The normalized spacial score (nSPS) is 27.3. The molecule has 13 heteroatoms. The van der Waals surface area contributed by atoms with Gasteiger partial charge in [0.15, 0.2) is 17.3 Å². The minimum Gasteiger partial charge on any atom is -0.507 e. The molecule has 0 radical (unpaired) electrons. The van der Waals surface area contributed by atoms with Crippen LogP contribution >= 0.6 is 0 Å². The lowest BCUT2D eigenvalue weighted by Crippen LogP contribution is -2.42. The van der Waals surface area contributed by atoms with Gasteiger partial charge in [-0.25, -0.2) is 0 Å². The van der Waals surface area contributed by atoms with Crippen LogP contribution in [0.1, 0.15) is 6.42 Å². The highest BCUT2D eigenvalue weighted by Crippen LogP contribution is 2.18. The van der Waals surface area contributed by atoms with E-state index in [1.807, 2.05) is 0 Å². The summed E-state index contributed by atoms with van der Waals surface area (Å²) < 4.78 is 14.2. The summed E-state index contributed by atoms with van der Waals surface area (Å²) in [6.07, 6.45) is 1.62. The first kappa shape index (κ1) is 26.5. The van der Waals surface area contributed by atoms with E-state index in [1.165, 1.54) is 6.08 Å². The quantitative estimate of drug-likeness (QED) is 0.211. The molecule has 3 heterocycles. The topological polar surface area (TPSA) is 224 Å². The number of rotatable bonds is 3. The second-order valence-corrected chi connectivity index (χ2v) is 6.48. The van der Waals surface area contributed by atoms with E-state index in [0.717, 1.165) is 12.3 Å². The van der Waals surface area contributed by atoms with Gasteiger partial charge >= 0.3 is 0 Å². The van der Waals surface area contributed by atoms with Gasteiger partial charge in [0, 0.05) is 0 Å². The lowest BCUT2D eigenvalue weighted by atomic mass is 10.1. The van der Waals surface area contributed by atoms with Crippen LogP contribution in [0.15, 0.2) is 35.7 Å². The number of ether oxygens (including phenoxy) is 3. The lowest BCUT2D eigenvalue weighted by Gasteiger charge is -2.28. The third kappa shape index (κ3) is 8.63. The van der Waals surface area contributed by atoms with Crippen LogP contribution in [0.5, 0.6) is 0 Å². The van der Waals surface area contributed by atoms with Crippen molar-refractivity contribution >= 4 is 11.6 Å². The maximum absolute atomic E-state index is 10.7. The number of allylic oxidation sites excluding steroid dienone is 1. The zero-order chi connectivity index (χ0) is 23.6. The lowest BCUT2D eigenvalue weighted by molar-refractivity contribution is -0.207. The Kier molecular flexibility index (Phi) is 10.6. The minimum atomic E-state index is -2.30. The van der Waals surface area contributed by atoms with Crippen molar-refractivity contribution in [3.63, 3.8) is 0 Å². The number of hydrogen-bond donors (Lipinski definition) is 8. The Bertz CT molecular complexity index is 709. The molecule has 0 aromatic carbocycles. The van der Waals surface area contributed by atoms with Gasteiger partial charge in [0.1, 0.15) is 37.8 Å². The number of Topliss-reactive ketones (excluding diaryl/α,β-unsaturated/α-hetero) is 2. The highest BCUT2D eigenvalue weighted by molar-refractivity contribution is 5.94. The van der Waals surface area contributed by atoms with Crippen molar-refractivity contribution in [2.24, 2.45) is 0 Å². The summed E-state index contributed by atoms with van der Waals surface area (Å²) in [4.78, 5) is 21.2. The van der Waals surface area contributed by atoms with Crippen molar-refractivity contribution in [3.8, 4) is 0 Å². The molecule has 0 aliphatic carbocycles. The Morgan fingerprint density at radius 3 is 1.97 bits per heavy atom. The van der Waals surface area contributed by atoms with Gasteiger partial charge in [-0.3, -0.25) is 9.59 Å². The van der Waals surface area contributed by atoms with E-state index in [2.05, 4.69) is 0 Å². The Balaban J connectivity index is 0.000000233. The SMILES string of the molecule is O=C1CC(CO)OC=C1O.O=C1COC(CO)C=C1O.OCC1C=C(O)C(O)(O)CO1. The molecule has 0 aromatic rings. The molecule has 0 fully saturated rings. The Morgan fingerprint density at radius 2 is 1.48 bits per heavy atom. The first-order valence-corrected chi connectivity index (χ1v) is 8.97. The van der Waals surface area contributed by atoms with Crippen LogP contribution in [0, 0.1) is 0 Å². The van der Waals surface area contributed by atoms with Crippen molar-refractivity contribution in [3.05, 3.63) is 35.7 Å². The molecule has 0 saturated carbocycles. The van der Waals surface area contributed by atoms with Gasteiger partial charge in [-0.1, -0.05) is 0 Å². The zero-order valence-corrected chi connectivity index (χ0v) is 16.3. The molecule has 0 amide bonds. The molecule has 0 bridgehead atoms. The number of aliphatic hydroxyl groups excluding tert-OH is 6. The first-order chi connectivity index (χ1) is 14.5. The van der Waals surface area contributed by atoms with Crippen molar-refractivity contribution in [1.29, 1.82) is 0 Å². The molecule has 0 spiro atoms. The average Bonchev–Trinajstić information content (AvgIpc) is 2.75. The highest BCUT2D eigenvalue weighted by Gasteiger charge is 2.34. The monoisotopic (exact) mass is 450 g/mol. The summed E-state index contributed by atoms with van der Waals surface area (Å²) in [7, 11) is 0. The minimum absolute atomic E-state index is 0.0544. The van der Waals surface area contributed by atoms with Crippen LogP contribution in [-0.2, 0) is 23.8 Å². The third-order valence-corrected chi connectivity index (χ3v) is 3.95. The number of carbonyl (C=O) groups excluding carboxylic acids is 2. The molecule has 3 aliphatic rings. The molecule has 0 aromatic heterocycles. The number of aliphatic hydroxyl groups is 8. The molecule has 3 unspecified atom stereocenters. The summed E-state index contributed by atoms with van der Waals surface area (Å²) in [6, 6.07) is 0. The van der Waals surface area contributed by atoms with E-state index in [-0.39, 0.29) is 50.1 Å². The van der Waals surface area contributed by atoms with Crippen LogP contribution in [-0.4, -0.2) is 110 Å². The zero-order valence-electron chi connectivity index (χ0n) is 16.3. The van der Waals surface area contributed by atoms with Gasteiger partial charge in [-0.2, -0.15) is 0 Å². The molecule has 176 valence electrons. The van der Waals surface area contributed by atoms with E-state index in [1.54, 1.807) is 0 Å². The van der Waals surface area contributed by atoms with Crippen molar-refractivity contribution in [2.75, 3.05) is 33.0 Å². The highest BCUT2D eigenvalue weighted by atomic mass is 16.6. The Labute approximate surface area is 176 Å². The van der Waals surface area contributed by atoms with Crippen LogP contribution in [0.2, 0.25) is 0 Å². The van der Waals surface area contributed by atoms with Gasteiger partial charge in [-0.15, -0.1) is 0 Å². The summed E-state index contributed by atoms with van der Waals surface area (Å²) >= 11 is 0. The van der Waals surface area contributed by atoms with Gasteiger partial charge in [0.2, 0.25) is 17.4 Å². The van der Waals surface area contributed by atoms with E-state index < -0.39 is 42.2 Å². The smallest absolute Gasteiger partial charge is 0.246 e. The maximum atomic E-state index is 10.7. The molecular weight excluding hydrogens is 424 g/mol. The molecule has 3 atom stereocenters. The predicted octanol–water partition coefficient (Wildman–Crippen LogP) is -2.38. The van der Waals surface area contributed by atoms with Crippen LogP contribution in [0.25, 0.3) is 0 Å². The molecule has 3 aliphatic heterocycles. The molecular formula is C18H26O13. The predicted molar refractivity (Wildman–Crippen MR) is 99.5 cm³/mol. The second kappa shape index (κ2) is 12.4. The van der Waals surface area contributed by atoms with E-state index in [4.69, 9.17) is 55.1 Å². The number of hydrogen-bond acceptors (Lipinski definition) is 13. The van der Waals surface area contributed by atoms with Crippen molar-refractivity contribution < 1.29 is 64.7 Å². The summed E-state index contributed by atoms with van der Waals surface area (Å²) in [5.41, 5.74) is 0. The summed E-state index contributed by atoms with van der Waals surface area (Å²) in [6.45, 7) is -1.28. The molecule has 8 N–H and O–H groups in total. The van der Waals surface area contributed by atoms with Crippen LogP contribution in [0.3, 0.4) is 0 Å².